The first kappa shape index (κ1) is 12.9. The van der Waals surface area contributed by atoms with Gasteiger partial charge in [0.1, 0.15) is 0 Å². The van der Waals surface area contributed by atoms with Crippen LogP contribution in [0.3, 0.4) is 0 Å². The molecule has 90 valence electrons. The highest BCUT2D eigenvalue weighted by molar-refractivity contribution is 4.72. The van der Waals surface area contributed by atoms with E-state index in [1.54, 1.807) is 0 Å². The molecule has 1 rings (SSSR count). The van der Waals surface area contributed by atoms with E-state index < -0.39 is 0 Å². The standard InChI is InChI=1S/C12H25NO2/c1-4-10(2)12(13-3)9-15-11-5-7-14-8-6-11/h10-13H,4-9H2,1-3H3. The summed E-state index contributed by atoms with van der Waals surface area (Å²) in [5, 5.41) is 3.34. The molecule has 1 saturated heterocycles. The maximum Gasteiger partial charge on any atom is 0.0625 e. The number of nitrogens with one attached hydrogen (secondary N) is 1. The van der Waals surface area contributed by atoms with Crippen molar-refractivity contribution in [2.24, 2.45) is 5.92 Å². The Hall–Kier alpha value is -0.120. The SMILES string of the molecule is CCC(C)C(COC1CCOCC1)NC. The van der Waals surface area contributed by atoms with Crippen molar-refractivity contribution in [3.05, 3.63) is 0 Å². The Bertz CT molecular complexity index is 158. The smallest absolute Gasteiger partial charge is 0.0625 e. The minimum atomic E-state index is 0.415. The van der Waals surface area contributed by atoms with Gasteiger partial charge in [-0.25, -0.2) is 0 Å². The Balaban J connectivity index is 2.20. The third kappa shape index (κ3) is 4.49. The lowest BCUT2D eigenvalue weighted by atomic mass is 10.00. The highest BCUT2D eigenvalue weighted by Crippen LogP contribution is 2.13. The van der Waals surface area contributed by atoms with Gasteiger partial charge in [-0.05, 0) is 25.8 Å². The molecule has 0 aliphatic carbocycles. The second-order valence-electron chi connectivity index (χ2n) is 4.43. The molecule has 1 heterocycles. The molecular formula is C12H25NO2. The number of ether oxygens (including phenoxy) is 2. The molecule has 1 aliphatic heterocycles. The Kier molecular flexibility index (Phi) is 6.22. The first-order valence-corrected chi connectivity index (χ1v) is 6.14. The molecule has 1 N–H and O–H groups in total. The molecule has 2 unspecified atom stereocenters. The van der Waals surface area contributed by atoms with Gasteiger partial charge in [-0.15, -0.1) is 0 Å². The molecule has 15 heavy (non-hydrogen) atoms. The predicted octanol–water partition coefficient (Wildman–Crippen LogP) is 1.82. The van der Waals surface area contributed by atoms with Crippen molar-refractivity contribution in [1.29, 1.82) is 0 Å². The molecule has 0 amide bonds. The summed E-state index contributed by atoms with van der Waals surface area (Å²) in [5.74, 6) is 0.676. The first-order chi connectivity index (χ1) is 7.27. The summed E-state index contributed by atoms with van der Waals surface area (Å²) in [5.41, 5.74) is 0. The lowest BCUT2D eigenvalue weighted by Crippen LogP contribution is -2.38. The fraction of sp³-hybridized carbons (Fsp3) is 1.00. The van der Waals surface area contributed by atoms with Crippen molar-refractivity contribution >= 4 is 0 Å². The van der Waals surface area contributed by atoms with Gasteiger partial charge < -0.3 is 14.8 Å². The predicted molar refractivity (Wildman–Crippen MR) is 62.1 cm³/mol. The lowest BCUT2D eigenvalue weighted by Gasteiger charge is -2.27. The zero-order chi connectivity index (χ0) is 11.1. The molecule has 0 aromatic rings. The molecule has 3 nitrogen and oxygen atoms in total. The molecule has 1 aliphatic rings. The van der Waals surface area contributed by atoms with E-state index in [2.05, 4.69) is 19.2 Å². The highest BCUT2D eigenvalue weighted by Gasteiger charge is 2.18. The minimum Gasteiger partial charge on any atom is -0.381 e. The molecule has 0 aromatic heterocycles. The van der Waals surface area contributed by atoms with Crippen LogP contribution in [0.5, 0.6) is 0 Å². The van der Waals surface area contributed by atoms with Gasteiger partial charge >= 0.3 is 0 Å². The molecular weight excluding hydrogens is 190 g/mol. The number of rotatable bonds is 6. The van der Waals surface area contributed by atoms with E-state index in [9.17, 15) is 0 Å². The summed E-state index contributed by atoms with van der Waals surface area (Å²) in [4.78, 5) is 0. The summed E-state index contributed by atoms with van der Waals surface area (Å²) in [7, 11) is 2.02. The Morgan fingerprint density at radius 2 is 2.07 bits per heavy atom. The Morgan fingerprint density at radius 3 is 2.60 bits per heavy atom. The van der Waals surface area contributed by atoms with Crippen LogP contribution in [0.4, 0.5) is 0 Å². The van der Waals surface area contributed by atoms with Gasteiger partial charge in [0.2, 0.25) is 0 Å². The Morgan fingerprint density at radius 1 is 1.40 bits per heavy atom. The quantitative estimate of drug-likeness (QED) is 0.733. The van der Waals surface area contributed by atoms with Crippen molar-refractivity contribution in [3.63, 3.8) is 0 Å². The van der Waals surface area contributed by atoms with Gasteiger partial charge in [0.05, 0.1) is 12.7 Å². The second-order valence-corrected chi connectivity index (χ2v) is 4.43. The van der Waals surface area contributed by atoms with Gasteiger partial charge in [0.15, 0.2) is 0 Å². The van der Waals surface area contributed by atoms with Crippen LogP contribution < -0.4 is 5.32 Å². The normalized spacial score (nSPS) is 22.6. The van der Waals surface area contributed by atoms with Crippen molar-refractivity contribution in [3.8, 4) is 0 Å². The van der Waals surface area contributed by atoms with Crippen LogP contribution >= 0.6 is 0 Å². The molecule has 0 radical (unpaired) electrons. The molecule has 3 heteroatoms. The summed E-state index contributed by atoms with van der Waals surface area (Å²) in [6, 6.07) is 0.484. The highest BCUT2D eigenvalue weighted by atomic mass is 16.5. The lowest BCUT2D eigenvalue weighted by molar-refractivity contribution is -0.0414. The fourth-order valence-corrected chi connectivity index (χ4v) is 1.90. The minimum absolute atomic E-state index is 0.415. The van der Waals surface area contributed by atoms with E-state index in [-0.39, 0.29) is 0 Å². The first-order valence-electron chi connectivity index (χ1n) is 6.14. The molecule has 1 fully saturated rings. The van der Waals surface area contributed by atoms with Gasteiger partial charge in [-0.1, -0.05) is 20.3 Å². The van der Waals surface area contributed by atoms with Crippen molar-refractivity contribution < 1.29 is 9.47 Å². The third-order valence-corrected chi connectivity index (χ3v) is 3.38. The summed E-state index contributed by atoms with van der Waals surface area (Å²) < 4.78 is 11.2. The zero-order valence-electron chi connectivity index (χ0n) is 10.3. The largest absolute Gasteiger partial charge is 0.381 e. The third-order valence-electron chi connectivity index (χ3n) is 3.38. The number of likely N-dealkylation sites (N-methyl/N-ethyl adjacent to an activating group) is 1. The molecule has 0 spiro atoms. The molecule has 2 atom stereocenters. The van der Waals surface area contributed by atoms with Gasteiger partial charge in [-0.2, -0.15) is 0 Å². The van der Waals surface area contributed by atoms with Crippen LogP contribution in [0.25, 0.3) is 0 Å². The van der Waals surface area contributed by atoms with Crippen LogP contribution in [0.15, 0.2) is 0 Å². The summed E-state index contributed by atoms with van der Waals surface area (Å²) in [6.45, 7) is 7.05. The van der Waals surface area contributed by atoms with Crippen LogP contribution in [-0.4, -0.2) is 39.0 Å². The molecule has 0 saturated carbocycles. The van der Waals surface area contributed by atoms with E-state index in [0.29, 0.717) is 18.1 Å². The van der Waals surface area contributed by atoms with Crippen LogP contribution in [0, 0.1) is 5.92 Å². The Labute approximate surface area is 93.5 Å². The second kappa shape index (κ2) is 7.20. The molecule has 0 aromatic carbocycles. The zero-order valence-corrected chi connectivity index (χ0v) is 10.3. The van der Waals surface area contributed by atoms with Crippen molar-refractivity contribution in [2.75, 3.05) is 26.9 Å². The van der Waals surface area contributed by atoms with Crippen molar-refractivity contribution in [2.45, 2.75) is 45.3 Å². The van der Waals surface area contributed by atoms with E-state index in [1.165, 1.54) is 6.42 Å². The van der Waals surface area contributed by atoms with E-state index in [0.717, 1.165) is 32.7 Å². The average Bonchev–Trinajstić information content (AvgIpc) is 2.31. The van der Waals surface area contributed by atoms with Crippen LogP contribution in [0.1, 0.15) is 33.1 Å². The van der Waals surface area contributed by atoms with Gasteiger partial charge in [0.25, 0.3) is 0 Å². The number of hydrogen-bond acceptors (Lipinski definition) is 3. The monoisotopic (exact) mass is 215 g/mol. The summed E-state index contributed by atoms with van der Waals surface area (Å²) in [6.07, 6.45) is 3.72. The van der Waals surface area contributed by atoms with E-state index in [1.807, 2.05) is 7.05 Å². The van der Waals surface area contributed by atoms with E-state index >= 15 is 0 Å². The van der Waals surface area contributed by atoms with Crippen LogP contribution in [0.2, 0.25) is 0 Å². The van der Waals surface area contributed by atoms with Gasteiger partial charge in [0, 0.05) is 19.3 Å². The number of hydrogen-bond donors (Lipinski definition) is 1. The maximum atomic E-state index is 5.92. The van der Waals surface area contributed by atoms with Crippen molar-refractivity contribution in [1.82, 2.24) is 5.32 Å². The van der Waals surface area contributed by atoms with Crippen LogP contribution in [-0.2, 0) is 9.47 Å². The topological polar surface area (TPSA) is 30.5 Å². The van der Waals surface area contributed by atoms with E-state index in [4.69, 9.17) is 9.47 Å². The van der Waals surface area contributed by atoms with Gasteiger partial charge in [-0.3, -0.25) is 0 Å². The fourth-order valence-electron chi connectivity index (χ4n) is 1.90. The average molecular weight is 215 g/mol. The maximum absolute atomic E-state index is 5.92. The summed E-state index contributed by atoms with van der Waals surface area (Å²) >= 11 is 0. The molecule has 0 bridgehead atoms.